The zero-order valence-corrected chi connectivity index (χ0v) is 15.9. The molecule has 0 fully saturated rings. The first-order valence-electron chi connectivity index (χ1n) is 8.78. The number of nitrogens with zero attached hydrogens (tertiary/aromatic N) is 4. The Morgan fingerprint density at radius 3 is 2.78 bits per heavy atom. The van der Waals surface area contributed by atoms with Crippen LogP contribution in [0, 0.1) is 5.92 Å². The van der Waals surface area contributed by atoms with E-state index in [0.717, 1.165) is 18.4 Å². The van der Waals surface area contributed by atoms with Crippen molar-refractivity contribution in [1.82, 2.24) is 9.78 Å². The summed E-state index contributed by atoms with van der Waals surface area (Å²) < 4.78 is 31.3. The van der Waals surface area contributed by atoms with Crippen LogP contribution in [0.25, 0.3) is 11.1 Å². The molecule has 2 aromatic rings. The predicted octanol–water partition coefficient (Wildman–Crippen LogP) is 5.96. The van der Waals surface area contributed by atoms with Crippen LogP contribution in [0.15, 0.2) is 53.1 Å². The van der Waals surface area contributed by atoms with Gasteiger partial charge in [-0.1, -0.05) is 37.9 Å². The minimum absolute atomic E-state index is 0.0577. The van der Waals surface area contributed by atoms with Crippen molar-refractivity contribution in [3.8, 4) is 16.9 Å². The molecule has 0 N–H and O–H groups in total. The fraction of sp³-hybridized carbons (Fsp3) is 0.421. The summed E-state index contributed by atoms with van der Waals surface area (Å²) in [5, 5.41) is 13.0. The average Bonchev–Trinajstić information content (AvgIpc) is 3.26. The SMILES string of the molecule is CC[C@@H](C)CC1(Cn2cc(-c3ccc(Cl)c(OC(F)F)c3)cn2)C=CN=N1. The van der Waals surface area contributed by atoms with E-state index < -0.39 is 12.2 Å². The standard InChI is InChI=1S/C19H21ClF2N4O/c1-3-13(2)9-19(6-7-23-25-19)12-26-11-15(10-24-26)14-4-5-16(20)17(8-14)27-18(21)22/h4-8,10-11,13,18H,3,9,12H2,1-2H3/t13-,19?/m1/s1. The fourth-order valence-electron chi connectivity index (χ4n) is 3.11. The van der Waals surface area contributed by atoms with E-state index in [9.17, 15) is 8.78 Å². The molecule has 2 heterocycles. The summed E-state index contributed by atoms with van der Waals surface area (Å²) in [5.41, 5.74) is 1.08. The Morgan fingerprint density at radius 1 is 1.30 bits per heavy atom. The lowest BCUT2D eigenvalue weighted by Gasteiger charge is -2.25. The van der Waals surface area contributed by atoms with Gasteiger partial charge in [-0.05, 0) is 36.1 Å². The van der Waals surface area contributed by atoms with Gasteiger partial charge < -0.3 is 4.74 Å². The number of aromatic nitrogens is 2. The second-order valence-corrected chi connectivity index (χ2v) is 7.21. The van der Waals surface area contributed by atoms with E-state index >= 15 is 0 Å². The van der Waals surface area contributed by atoms with E-state index in [1.54, 1.807) is 23.1 Å². The van der Waals surface area contributed by atoms with Crippen molar-refractivity contribution >= 4 is 11.6 Å². The van der Waals surface area contributed by atoms with Gasteiger partial charge in [-0.15, -0.1) is 0 Å². The van der Waals surface area contributed by atoms with E-state index in [1.165, 1.54) is 12.1 Å². The highest BCUT2D eigenvalue weighted by Gasteiger charge is 2.32. The van der Waals surface area contributed by atoms with Crippen molar-refractivity contribution in [2.75, 3.05) is 0 Å². The summed E-state index contributed by atoms with van der Waals surface area (Å²) in [6, 6.07) is 4.76. The number of azo groups is 1. The molecule has 0 saturated heterocycles. The van der Waals surface area contributed by atoms with Gasteiger partial charge in [-0.25, -0.2) is 0 Å². The Bertz CT molecular complexity index is 838. The maximum Gasteiger partial charge on any atom is 0.387 e. The van der Waals surface area contributed by atoms with Gasteiger partial charge in [-0.3, -0.25) is 4.68 Å². The van der Waals surface area contributed by atoms with E-state index in [2.05, 4.69) is 33.9 Å². The van der Waals surface area contributed by atoms with Gasteiger partial charge in [0.2, 0.25) is 0 Å². The first kappa shape index (κ1) is 19.5. The second-order valence-electron chi connectivity index (χ2n) is 6.80. The zero-order chi connectivity index (χ0) is 19.4. The minimum atomic E-state index is -2.93. The number of rotatable bonds is 8. The molecule has 0 saturated carbocycles. The molecule has 1 aromatic heterocycles. The summed E-state index contributed by atoms with van der Waals surface area (Å²) in [6.45, 7) is 1.97. The van der Waals surface area contributed by atoms with E-state index in [0.29, 0.717) is 18.0 Å². The molecule has 1 unspecified atom stereocenters. The third-order valence-electron chi connectivity index (χ3n) is 4.66. The molecule has 0 aliphatic carbocycles. The van der Waals surface area contributed by atoms with Crippen LogP contribution in [0.3, 0.4) is 0 Å². The maximum absolute atomic E-state index is 12.5. The van der Waals surface area contributed by atoms with Gasteiger partial charge in [0, 0.05) is 18.0 Å². The van der Waals surface area contributed by atoms with Crippen molar-refractivity contribution in [3.63, 3.8) is 0 Å². The molecule has 5 nitrogen and oxygen atoms in total. The third-order valence-corrected chi connectivity index (χ3v) is 4.97. The third kappa shape index (κ3) is 4.71. The Hall–Kier alpha value is -2.28. The highest BCUT2D eigenvalue weighted by atomic mass is 35.5. The lowest BCUT2D eigenvalue weighted by atomic mass is 9.88. The smallest absolute Gasteiger partial charge is 0.387 e. The predicted molar refractivity (Wildman–Crippen MR) is 100 cm³/mol. The Labute approximate surface area is 161 Å². The summed E-state index contributed by atoms with van der Waals surface area (Å²) >= 11 is 5.92. The lowest BCUT2D eigenvalue weighted by molar-refractivity contribution is -0.0497. The van der Waals surface area contributed by atoms with Crippen LogP contribution in [0.5, 0.6) is 5.75 Å². The van der Waals surface area contributed by atoms with Crippen molar-refractivity contribution in [2.45, 2.75) is 45.4 Å². The topological polar surface area (TPSA) is 51.8 Å². The molecule has 8 heteroatoms. The van der Waals surface area contributed by atoms with Crippen molar-refractivity contribution in [3.05, 3.63) is 47.9 Å². The molecular formula is C19H21ClF2N4O. The van der Waals surface area contributed by atoms with Crippen LogP contribution in [0.4, 0.5) is 8.78 Å². The summed E-state index contributed by atoms with van der Waals surface area (Å²) in [7, 11) is 0. The van der Waals surface area contributed by atoms with Gasteiger partial charge in [0.25, 0.3) is 0 Å². The number of hydrogen-bond donors (Lipinski definition) is 0. The number of ether oxygens (including phenoxy) is 1. The second kappa shape index (κ2) is 8.17. The maximum atomic E-state index is 12.5. The summed E-state index contributed by atoms with van der Waals surface area (Å²) in [5.74, 6) is 0.449. The Morgan fingerprint density at radius 2 is 2.11 bits per heavy atom. The van der Waals surface area contributed by atoms with Crippen LogP contribution < -0.4 is 4.74 Å². The van der Waals surface area contributed by atoms with E-state index in [4.69, 9.17) is 11.6 Å². The molecule has 1 aliphatic rings. The number of halogens is 3. The zero-order valence-electron chi connectivity index (χ0n) is 15.1. The fourth-order valence-corrected chi connectivity index (χ4v) is 3.27. The van der Waals surface area contributed by atoms with Crippen LogP contribution in [0.2, 0.25) is 5.02 Å². The summed E-state index contributed by atoms with van der Waals surface area (Å²) in [6.07, 6.45) is 9.22. The van der Waals surface area contributed by atoms with Crippen LogP contribution in [-0.2, 0) is 6.54 Å². The van der Waals surface area contributed by atoms with Crippen molar-refractivity contribution in [1.29, 1.82) is 0 Å². The van der Waals surface area contributed by atoms with Gasteiger partial charge >= 0.3 is 6.61 Å². The van der Waals surface area contributed by atoms with Crippen LogP contribution >= 0.6 is 11.6 Å². The molecule has 0 amide bonds. The highest BCUT2D eigenvalue weighted by Crippen LogP contribution is 2.33. The van der Waals surface area contributed by atoms with Gasteiger partial charge in [0.1, 0.15) is 11.3 Å². The largest absolute Gasteiger partial charge is 0.433 e. The van der Waals surface area contributed by atoms with Gasteiger partial charge in [-0.2, -0.15) is 24.1 Å². The molecule has 0 bridgehead atoms. The number of hydrogen-bond acceptors (Lipinski definition) is 4. The molecule has 3 rings (SSSR count). The normalized spacial score (nSPS) is 19.8. The molecule has 1 aliphatic heterocycles. The lowest BCUT2D eigenvalue weighted by Crippen LogP contribution is -2.31. The van der Waals surface area contributed by atoms with Crippen molar-refractivity contribution in [2.24, 2.45) is 16.1 Å². The molecule has 144 valence electrons. The van der Waals surface area contributed by atoms with E-state index in [1.807, 2.05) is 12.3 Å². The van der Waals surface area contributed by atoms with Crippen molar-refractivity contribution < 1.29 is 13.5 Å². The Balaban J connectivity index is 1.80. The van der Waals surface area contributed by atoms with Crippen LogP contribution in [0.1, 0.15) is 26.7 Å². The average molecular weight is 395 g/mol. The minimum Gasteiger partial charge on any atom is -0.433 e. The first-order chi connectivity index (χ1) is 12.9. The summed E-state index contributed by atoms with van der Waals surface area (Å²) in [4.78, 5) is 0. The molecule has 0 radical (unpaired) electrons. The molecule has 1 aromatic carbocycles. The molecule has 2 atom stereocenters. The van der Waals surface area contributed by atoms with Crippen LogP contribution in [-0.4, -0.2) is 21.9 Å². The highest BCUT2D eigenvalue weighted by molar-refractivity contribution is 6.32. The first-order valence-corrected chi connectivity index (χ1v) is 9.15. The molecule has 27 heavy (non-hydrogen) atoms. The van der Waals surface area contributed by atoms with Gasteiger partial charge in [0.05, 0.1) is 17.8 Å². The number of benzene rings is 1. The molecular weight excluding hydrogens is 374 g/mol. The number of alkyl halides is 2. The quantitative estimate of drug-likeness (QED) is 0.554. The monoisotopic (exact) mass is 394 g/mol. The molecule has 0 spiro atoms. The Kier molecular flexibility index (Phi) is 5.89. The van der Waals surface area contributed by atoms with E-state index in [-0.39, 0.29) is 10.8 Å². The van der Waals surface area contributed by atoms with Gasteiger partial charge in [0.15, 0.2) is 0 Å².